The van der Waals surface area contributed by atoms with Crippen molar-refractivity contribution in [2.45, 2.75) is 45.4 Å². The van der Waals surface area contributed by atoms with Gasteiger partial charge in [0, 0.05) is 18.7 Å². The molecule has 0 unspecified atom stereocenters. The van der Waals surface area contributed by atoms with E-state index in [1.807, 2.05) is 6.07 Å². The van der Waals surface area contributed by atoms with Crippen molar-refractivity contribution in [3.8, 4) is 0 Å². The molecule has 0 saturated heterocycles. The first-order valence-electron chi connectivity index (χ1n) is 7.58. The number of nitrogen functional groups attached to an aromatic ring is 1. The van der Waals surface area contributed by atoms with Crippen molar-refractivity contribution in [3.63, 3.8) is 0 Å². The normalized spacial score (nSPS) is 19.8. The Kier molecular flexibility index (Phi) is 3.32. The topological polar surface area (TPSA) is 67.2 Å². The average molecular weight is 273 g/mol. The second kappa shape index (κ2) is 5.00. The van der Waals surface area contributed by atoms with E-state index in [4.69, 9.17) is 5.73 Å². The lowest BCUT2D eigenvalue weighted by atomic mass is 9.67. The Hall–Kier alpha value is -1.71. The highest BCUT2D eigenvalue weighted by Crippen LogP contribution is 2.44. The third kappa shape index (κ3) is 2.35. The Labute approximate surface area is 120 Å². The maximum atomic E-state index is 11.4. The molecule has 4 heteroatoms. The summed E-state index contributed by atoms with van der Waals surface area (Å²) in [4.78, 5) is 11.4. The zero-order valence-corrected chi connectivity index (χ0v) is 12.1. The Balaban J connectivity index is 1.75. The molecule has 3 rings (SSSR count). The van der Waals surface area contributed by atoms with E-state index >= 15 is 0 Å². The number of nitrogens with one attached hydrogen (secondary N) is 2. The predicted octanol–water partition coefficient (Wildman–Crippen LogP) is 3.15. The first-order chi connectivity index (χ1) is 9.62. The standard InChI is InChI=1S/C16H23N3O/c1-2-16(6-3-7-16)10-18-14-8-11-4-5-15(20)19-13(11)9-12(14)17/h8-9,18H,2-7,10,17H2,1H3,(H,19,20). The van der Waals surface area contributed by atoms with Gasteiger partial charge in [0.15, 0.2) is 0 Å². The monoisotopic (exact) mass is 273 g/mol. The molecule has 1 aromatic carbocycles. The summed E-state index contributed by atoms with van der Waals surface area (Å²) in [6.45, 7) is 3.27. The number of aryl methyl sites for hydroxylation is 1. The van der Waals surface area contributed by atoms with Crippen LogP contribution in [0, 0.1) is 5.41 Å². The summed E-state index contributed by atoms with van der Waals surface area (Å²) in [7, 11) is 0. The van der Waals surface area contributed by atoms with Crippen molar-refractivity contribution in [2.75, 3.05) is 22.9 Å². The second-order valence-electron chi connectivity index (χ2n) is 6.21. The zero-order chi connectivity index (χ0) is 14.2. The molecule has 1 heterocycles. The number of nitrogens with two attached hydrogens (primary N) is 1. The number of hydrogen-bond acceptors (Lipinski definition) is 3. The minimum absolute atomic E-state index is 0.0806. The van der Waals surface area contributed by atoms with Gasteiger partial charge in [0.2, 0.25) is 5.91 Å². The number of fused-ring (bicyclic) bond motifs is 1. The number of hydrogen-bond donors (Lipinski definition) is 3. The van der Waals surface area contributed by atoms with Crippen LogP contribution in [0.4, 0.5) is 17.1 Å². The van der Waals surface area contributed by atoms with Crippen molar-refractivity contribution in [2.24, 2.45) is 5.41 Å². The third-order valence-corrected chi connectivity index (χ3v) is 4.99. The minimum atomic E-state index is 0.0806. The van der Waals surface area contributed by atoms with Crippen LogP contribution in [0.3, 0.4) is 0 Å². The number of benzene rings is 1. The van der Waals surface area contributed by atoms with Crippen LogP contribution in [0.2, 0.25) is 0 Å². The van der Waals surface area contributed by atoms with Crippen molar-refractivity contribution in [1.82, 2.24) is 0 Å². The summed E-state index contributed by atoms with van der Waals surface area (Å²) in [5.41, 5.74) is 10.4. The molecule has 0 bridgehead atoms. The molecule has 1 aliphatic carbocycles. The van der Waals surface area contributed by atoms with Gasteiger partial charge in [-0.1, -0.05) is 13.3 Å². The fourth-order valence-electron chi connectivity index (χ4n) is 3.21. The summed E-state index contributed by atoms with van der Waals surface area (Å²) in [5.74, 6) is 0.0806. The quantitative estimate of drug-likeness (QED) is 0.738. The lowest BCUT2D eigenvalue weighted by Gasteiger charge is -2.41. The molecular weight excluding hydrogens is 250 g/mol. The van der Waals surface area contributed by atoms with Gasteiger partial charge in [-0.15, -0.1) is 0 Å². The van der Waals surface area contributed by atoms with E-state index in [2.05, 4.69) is 23.6 Å². The summed E-state index contributed by atoms with van der Waals surface area (Å²) in [5, 5.41) is 6.42. The largest absolute Gasteiger partial charge is 0.397 e. The van der Waals surface area contributed by atoms with Crippen LogP contribution in [0.5, 0.6) is 0 Å². The molecule has 2 aliphatic rings. The molecule has 0 spiro atoms. The summed E-state index contributed by atoms with van der Waals surface area (Å²) in [6, 6.07) is 3.99. The minimum Gasteiger partial charge on any atom is -0.397 e. The van der Waals surface area contributed by atoms with E-state index in [1.165, 1.54) is 31.2 Å². The van der Waals surface area contributed by atoms with Crippen LogP contribution in [-0.2, 0) is 11.2 Å². The van der Waals surface area contributed by atoms with E-state index in [-0.39, 0.29) is 5.91 Å². The molecule has 4 N–H and O–H groups in total. The number of carbonyl (C=O) groups excluding carboxylic acids is 1. The van der Waals surface area contributed by atoms with Crippen molar-refractivity contribution in [1.29, 1.82) is 0 Å². The van der Waals surface area contributed by atoms with Gasteiger partial charge in [0.25, 0.3) is 0 Å². The van der Waals surface area contributed by atoms with Gasteiger partial charge in [0.1, 0.15) is 0 Å². The Morgan fingerprint density at radius 3 is 2.80 bits per heavy atom. The van der Waals surface area contributed by atoms with Crippen molar-refractivity contribution < 1.29 is 4.79 Å². The van der Waals surface area contributed by atoms with E-state index in [0.717, 1.165) is 30.0 Å². The summed E-state index contributed by atoms with van der Waals surface area (Å²) < 4.78 is 0. The van der Waals surface area contributed by atoms with Crippen LogP contribution in [-0.4, -0.2) is 12.5 Å². The first kappa shape index (κ1) is 13.3. The van der Waals surface area contributed by atoms with Gasteiger partial charge in [-0.05, 0) is 48.8 Å². The summed E-state index contributed by atoms with van der Waals surface area (Å²) in [6.07, 6.45) is 6.57. The Bertz CT molecular complexity index is 529. The van der Waals surface area contributed by atoms with Crippen molar-refractivity contribution in [3.05, 3.63) is 17.7 Å². The van der Waals surface area contributed by atoms with E-state index in [1.54, 1.807) is 0 Å². The van der Waals surface area contributed by atoms with E-state index < -0.39 is 0 Å². The fourth-order valence-corrected chi connectivity index (χ4v) is 3.21. The third-order valence-electron chi connectivity index (χ3n) is 4.99. The molecule has 0 atom stereocenters. The fraction of sp³-hybridized carbons (Fsp3) is 0.562. The molecule has 0 radical (unpaired) electrons. The second-order valence-corrected chi connectivity index (χ2v) is 6.21. The lowest BCUT2D eigenvalue weighted by Crippen LogP contribution is -2.36. The van der Waals surface area contributed by atoms with Crippen LogP contribution < -0.4 is 16.4 Å². The molecule has 1 aromatic rings. The molecule has 1 amide bonds. The van der Waals surface area contributed by atoms with Gasteiger partial charge in [-0.25, -0.2) is 0 Å². The maximum Gasteiger partial charge on any atom is 0.224 e. The molecule has 20 heavy (non-hydrogen) atoms. The number of rotatable bonds is 4. The Morgan fingerprint density at radius 1 is 1.35 bits per heavy atom. The van der Waals surface area contributed by atoms with Gasteiger partial charge >= 0.3 is 0 Å². The summed E-state index contributed by atoms with van der Waals surface area (Å²) >= 11 is 0. The van der Waals surface area contributed by atoms with Gasteiger partial charge in [0.05, 0.1) is 11.4 Å². The molecule has 0 aromatic heterocycles. The highest BCUT2D eigenvalue weighted by Gasteiger charge is 2.34. The predicted molar refractivity (Wildman–Crippen MR) is 82.9 cm³/mol. The van der Waals surface area contributed by atoms with Crippen LogP contribution in [0.15, 0.2) is 12.1 Å². The van der Waals surface area contributed by atoms with Gasteiger partial charge in [-0.2, -0.15) is 0 Å². The number of carbonyl (C=O) groups is 1. The average Bonchev–Trinajstić information content (AvgIpc) is 2.38. The molecule has 1 saturated carbocycles. The maximum absolute atomic E-state index is 11.4. The molecule has 4 nitrogen and oxygen atoms in total. The smallest absolute Gasteiger partial charge is 0.224 e. The lowest BCUT2D eigenvalue weighted by molar-refractivity contribution is -0.116. The number of amides is 1. The van der Waals surface area contributed by atoms with Crippen LogP contribution >= 0.6 is 0 Å². The SMILES string of the molecule is CCC1(CNc2cc3c(cc2N)NC(=O)CC3)CCC1. The van der Waals surface area contributed by atoms with Gasteiger partial charge < -0.3 is 16.4 Å². The molecule has 1 fully saturated rings. The van der Waals surface area contributed by atoms with Crippen LogP contribution in [0.1, 0.15) is 44.6 Å². The Morgan fingerprint density at radius 2 is 2.15 bits per heavy atom. The molecule has 108 valence electrons. The number of anilines is 3. The molecular formula is C16H23N3O. The van der Waals surface area contributed by atoms with Crippen LogP contribution in [0.25, 0.3) is 0 Å². The van der Waals surface area contributed by atoms with E-state index in [0.29, 0.717) is 11.8 Å². The highest BCUT2D eigenvalue weighted by atomic mass is 16.1. The van der Waals surface area contributed by atoms with E-state index in [9.17, 15) is 4.79 Å². The zero-order valence-electron chi connectivity index (χ0n) is 12.1. The van der Waals surface area contributed by atoms with Crippen molar-refractivity contribution >= 4 is 23.0 Å². The molecule has 1 aliphatic heterocycles. The van der Waals surface area contributed by atoms with Gasteiger partial charge in [-0.3, -0.25) is 4.79 Å². The highest BCUT2D eigenvalue weighted by molar-refractivity contribution is 5.95. The first-order valence-corrected chi connectivity index (χ1v) is 7.58.